The van der Waals surface area contributed by atoms with Gasteiger partial charge in [-0.1, -0.05) is 111 Å². The van der Waals surface area contributed by atoms with E-state index < -0.39 is 0 Å². The second-order valence-electron chi connectivity index (χ2n) is 12.3. The highest BCUT2D eigenvalue weighted by Crippen LogP contribution is 2.52. The first-order valence-corrected chi connectivity index (χ1v) is 14.8. The maximum atomic E-state index is 2.43. The third kappa shape index (κ3) is 4.77. The lowest BCUT2D eigenvalue weighted by atomic mass is 9.74. The zero-order chi connectivity index (χ0) is 28.6. The molecule has 0 saturated heterocycles. The van der Waals surface area contributed by atoms with Crippen molar-refractivity contribution in [3.8, 4) is 0 Å². The largest absolute Gasteiger partial charge is 0.347 e. The van der Waals surface area contributed by atoms with E-state index in [1.165, 1.54) is 55.3 Å². The standard InChI is InChI=1S/C39H40N2/c1-38(2,36-31-19-11-9-17-29(31)22-24-33(36)40-4)26-14-13-21-35-39(3,27-28-15-7-6-8-16-28)37-32-20-12-10-18-30(32)23-25-34(37)41(35)5/h6-25,40H,26-27H2,1-5H3/p+1/b14-13+,35-21+. The van der Waals surface area contributed by atoms with Crippen LogP contribution in [0.2, 0.25) is 0 Å². The van der Waals surface area contributed by atoms with Crippen molar-refractivity contribution in [2.75, 3.05) is 19.0 Å². The molecule has 0 amide bonds. The Morgan fingerprint density at radius 3 is 2.15 bits per heavy atom. The van der Waals surface area contributed by atoms with Gasteiger partial charge in [0.05, 0.1) is 7.05 Å². The number of benzene rings is 5. The molecular weight excluding hydrogens is 496 g/mol. The van der Waals surface area contributed by atoms with E-state index in [-0.39, 0.29) is 10.8 Å². The molecule has 5 aromatic rings. The lowest BCUT2D eigenvalue weighted by molar-refractivity contribution is -0.540. The number of anilines is 1. The van der Waals surface area contributed by atoms with E-state index in [1.54, 1.807) is 0 Å². The average Bonchev–Trinajstić information content (AvgIpc) is 3.20. The predicted molar refractivity (Wildman–Crippen MR) is 176 cm³/mol. The third-order valence-electron chi connectivity index (χ3n) is 9.11. The fourth-order valence-corrected chi connectivity index (χ4v) is 7.13. The average molecular weight is 538 g/mol. The summed E-state index contributed by atoms with van der Waals surface area (Å²) >= 11 is 0. The van der Waals surface area contributed by atoms with E-state index in [1.807, 2.05) is 0 Å². The number of fused-ring (bicyclic) bond motifs is 4. The highest BCUT2D eigenvalue weighted by Gasteiger charge is 2.43. The molecule has 41 heavy (non-hydrogen) atoms. The summed E-state index contributed by atoms with van der Waals surface area (Å²) < 4.78 is 0. The van der Waals surface area contributed by atoms with Crippen LogP contribution in [0.5, 0.6) is 0 Å². The minimum absolute atomic E-state index is 0.00814. The van der Waals surface area contributed by atoms with Gasteiger partial charge in [0, 0.05) is 29.4 Å². The van der Waals surface area contributed by atoms with Crippen molar-refractivity contribution in [1.82, 2.24) is 0 Å². The van der Waals surface area contributed by atoms with Crippen LogP contribution in [0.15, 0.2) is 127 Å². The molecule has 1 atom stereocenters. The summed E-state index contributed by atoms with van der Waals surface area (Å²) in [5, 5.41) is 7.56. The van der Waals surface area contributed by atoms with E-state index in [0.717, 1.165) is 12.8 Å². The monoisotopic (exact) mass is 537 g/mol. The molecule has 1 aliphatic rings. The van der Waals surface area contributed by atoms with Crippen molar-refractivity contribution in [2.45, 2.75) is 44.4 Å². The first kappa shape index (κ1) is 27.1. The Morgan fingerprint density at radius 2 is 1.41 bits per heavy atom. The first-order valence-electron chi connectivity index (χ1n) is 14.8. The molecule has 0 aromatic heterocycles. The van der Waals surface area contributed by atoms with Crippen LogP contribution in [0.25, 0.3) is 21.5 Å². The van der Waals surface area contributed by atoms with Crippen LogP contribution in [0.1, 0.15) is 43.9 Å². The van der Waals surface area contributed by atoms with Gasteiger partial charge in [0.15, 0.2) is 0 Å². The number of hydrogen-bond acceptors (Lipinski definition) is 1. The van der Waals surface area contributed by atoms with Crippen molar-refractivity contribution >= 4 is 32.9 Å². The number of hydrogen-bond donors (Lipinski definition) is 1. The van der Waals surface area contributed by atoms with Crippen LogP contribution in [0.3, 0.4) is 0 Å². The van der Waals surface area contributed by atoms with Gasteiger partial charge in [0.1, 0.15) is 5.69 Å². The van der Waals surface area contributed by atoms with E-state index in [0.29, 0.717) is 0 Å². The molecule has 2 nitrogen and oxygen atoms in total. The van der Waals surface area contributed by atoms with E-state index in [9.17, 15) is 0 Å². The lowest BCUT2D eigenvalue weighted by Crippen LogP contribution is -2.73. The molecule has 0 fully saturated rings. The maximum Gasteiger partial charge on any atom is 0.133 e. The molecular formula is C39H41N2+. The second kappa shape index (κ2) is 10.7. The Kier molecular flexibility index (Phi) is 7.05. The van der Waals surface area contributed by atoms with Gasteiger partial charge in [-0.15, -0.1) is 0 Å². The highest BCUT2D eigenvalue weighted by atomic mass is 15.2. The Balaban J connectivity index is 1.38. The number of likely N-dealkylation sites (N-methyl/N-ethyl adjacent to an activating group) is 1. The number of nitrogens with zero attached hydrogens (tertiary/aromatic N) is 1. The van der Waals surface area contributed by atoms with Gasteiger partial charge in [-0.2, -0.15) is 0 Å². The maximum absolute atomic E-state index is 2.43. The summed E-state index contributed by atoms with van der Waals surface area (Å²) in [6.07, 6.45) is 8.94. The molecule has 1 unspecified atom stereocenters. The van der Waals surface area contributed by atoms with Crippen LogP contribution < -0.4 is 10.2 Å². The Bertz CT molecular complexity index is 1780. The van der Waals surface area contributed by atoms with Gasteiger partial charge in [-0.25, -0.2) is 0 Å². The molecule has 2 heteroatoms. The van der Waals surface area contributed by atoms with Gasteiger partial charge in [-0.05, 0) is 82.1 Å². The topological polar surface area (TPSA) is 19.9 Å². The molecule has 5 aromatic carbocycles. The van der Waals surface area contributed by atoms with Crippen molar-refractivity contribution < 1.29 is 5.32 Å². The molecule has 0 spiro atoms. The first-order chi connectivity index (χ1) is 19.8. The summed E-state index contributed by atoms with van der Waals surface area (Å²) in [5.41, 5.74) is 8.04. The summed E-state index contributed by atoms with van der Waals surface area (Å²) in [7, 11) is 4.38. The molecule has 0 aliphatic carbocycles. The highest BCUT2D eigenvalue weighted by molar-refractivity contribution is 5.95. The van der Waals surface area contributed by atoms with Gasteiger partial charge in [-0.3, -0.25) is 0 Å². The summed E-state index contributed by atoms with van der Waals surface area (Å²) in [6, 6.07) is 37.6. The molecule has 206 valence electrons. The predicted octanol–water partition coefficient (Wildman–Crippen LogP) is 8.58. The van der Waals surface area contributed by atoms with Gasteiger partial charge < -0.3 is 10.2 Å². The van der Waals surface area contributed by atoms with E-state index in [2.05, 4.69) is 166 Å². The molecule has 2 N–H and O–H groups in total. The second-order valence-corrected chi connectivity index (χ2v) is 12.3. The van der Waals surface area contributed by atoms with Crippen LogP contribution >= 0.6 is 0 Å². The molecule has 0 radical (unpaired) electrons. The lowest BCUT2D eigenvalue weighted by Gasteiger charge is -2.29. The van der Waals surface area contributed by atoms with Crippen molar-refractivity contribution in [1.29, 1.82) is 0 Å². The summed E-state index contributed by atoms with van der Waals surface area (Å²) in [4.78, 5) is 2.41. The van der Waals surface area contributed by atoms with Crippen molar-refractivity contribution in [3.05, 3.63) is 144 Å². The van der Waals surface area contributed by atoms with Crippen LogP contribution in [0, 0.1) is 0 Å². The minimum Gasteiger partial charge on any atom is -0.347 e. The zero-order valence-electron chi connectivity index (χ0n) is 25.0. The molecule has 0 bridgehead atoms. The van der Waals surface area contributed by atoms with Gasteiger partial charge in [0.25, 0.3) is 0 Å². The van der Waals surface area contributed by atoms with Crippen LogP contribution in [-0.4, -0.2) is 14.1 Å². The molecule has 1 aliphatic heterocycles. The fraction of sp³-hybridized carbons (Fsp3) is 0.231. The number of nitrogens with two attached hydrogens (primary N) is 1. The zero-order valence-corrected chi connectivity index (χ0v) is 25.0. The quantitative estimate of drug-likeness (QED) is 0.206. The van der Waals surface area contributed by atoms with Crippen LogP contribution in [-0.2, 0) is 17.3 Å². The van der Waals surface area contributed by atoms with Crippen LogP contribution in [0.4, 0.5) is 11.4 Å². The van der Waals surface area contributed by atoms with E-state index >= 15 is 0 Å². The minimum atomic E-state index is -0.147. The summed E-state index contributed by atoms with van der Waals surface area (Å²) in [6.45, 7) is 7.18. The summed E-state index contributed by atoms with van der Waals surface area (Å²) in [5.74, 6) is 0. The number of allylic oxidation sites excluding steroid dienone is 4. The Morgan fingerprint density at radius 1 is 0.780 bits per heavy atom. The van der Waals surface area contributed by atoms with E-state index in [4.69, 9.17) is 0 Å². The number of quaternary nitrogens is 1. The van der Waals surface area contributed by atoms with Gasteiger partial charge >= 0.3 is 0 Å². The number of rotatable bonds is 7. The molecule has 6 rings (SSSR count). The van der Waals surface area contributed by atoms with Crippen molar-refractivity contribution in [2.24, 2.45) is 0 Å². The Hall–Kier alpha value is -4.14. The SMILES string of the molecule is C[NH2+]c1ccc2ccccc2c1C(C)(C)C/C=C/C=C1/N(C)c2ccc3ccccc3c2C1(C)Cc1ccccc1. The fourth-order valence-electron chi connectivity index (χ4n) is 7.13. The Labute approximate surface area is 245 Å². The third-order valence-corrected chi connectivity index (χ3v) is 9.11. The normalized spacial score (nSPS) is 18.2. The molecule has 0 saturated carbocycles. The van der Waals surface area contributed by atoms with Gasteiger partial charge in [0.2, 0.25) is 0 Å². The van der Waals surface area contributed by atoms with Crippen molar-refractivity contribution in [3.63, 3.8) is 0 Å². The molecule has 1 heterocycles. The smallest absolute Gasteiger partial charge is 0.133 e.